The van der Waals surface area contributed by atoms with E-state index in [0.717, 1.165) is 12.0 Å². The van der Waals surface area contributed by atoms with Gasteiger partial charge < -0.3 is 5.32 Å². The molecule has 1 aromatic rings. The number of aryl methyl sites for hydroxylation is 1. The molecule has 1 unspecified atom stereocenters. The topological polar surface area (TPSA) is 29.1 Å². The second-order valence-electron chi connectivity index (χ2n) is 5.29. The Balaban J connectivity index is 2.81. The maximum absolute atomic E-state index is 11.9. The Bertz CT molecular complexity index is 378. The molecule has 1 N–H and O–H groups in total. The summed E-state index contributed by atoms with van der Waals surface area (Å²) in [6.45, 7) is 10.1. The number of rotatable bonds is 4. The summed E-state index contributed by atoms with van der Waals surface area (Å²) in [5.74, 6) is 0.192. The molecule has 17 heavy (non-hydrogen) atoms. The molecule has 0 saturated heterocycles. The molecule has 0 spiro atoms. The molecule has 1 amide bonds. The van der Waals surface area contributed by atoms with Crippen molar-refractivity contribution in [3.63, 3.8) is 0 Å². The molecule has 1 atom stereocenters. The lowest BCUT2D eigenvalue weighted by Gasteiger charge is -2.28. The first-order chi connectivity index (χ1) is 7.86. The minimum absolute atomic E-state index is 0.0692. The Morgan fingerprint density at radius 2 is 1.82 bits per heavy atom. The highest BCUT2D eigenvalue weighted by Crippen LogP contribution is 2.21. The molecule has 0 aliphatic rings. The molecule has 94 valence electrons. The Morgan fingerprint density at radius 3 is 2.29 bits per heavy atom. The van der Waals surface area contributed by atoms with Gasteiger partial charge in [-0.25, -0.2) is 0 Å². The van der Waals surface area contributed by atoms with Gasteiger partial charge in [0, 0.05) is 5.92 Å². The fourth-order valence-corrected chi connectivity index (χ4v) is 1.66. The van der Waals surface area contributed by atoms with E-state index in [1.54, 1.807) is 0 Å². The lowest BCUT2D eigenvalue weighted by atomic mass is 9.92. The van der Waals surface area contributed by atoms with Crippen LogP contribution in [0.1, 0.15) is 45.2 Å². The van der Waals surface area contributed by atoms with Gasteiger partial charge in [-0.15, -0.1) is 0 Å². The Labute approximate surface area is 104 Å². The first kappa shape index (κ1) is 13.8. The zero-order valence-corrected chi connectivity index (χ0v) is 11.5. The fraction of sp³-hybridized carbons (Fsp3) is 0.533. The van der Waals surface area contributed by atoms with Gasteiger partial charge in [-0.1, -0.05) is 43.7 Å². The van der Waals surface area contributed by atoms with Crippen molar-refractivity contribution < 1.29 is 4.79 Å². The van der Waals surface area contributed by atoms with Crippen molar-refractivity contribution in [2.45, 2.75) is 46.6 Å². The van der Waals surface area contributed by atoms with Crippen LogP contribution in [0.25, 0.3) is 0 Å². The van der Waals surface area contributed by atoms with Gasteiger partial charge in [-0.3, -0.25) is 4.79 Å². The average Bonchev–Trinajstić information content (AvgIpc) is 2.27. The lowest BCUT2D eigenvalue weighted by Crippen LogP contribution is -2.43. The molecule has 1 aromatic carbocycles. The zero-order chi connectivity index (χ0) is 13.1. The van der Waals surface area contributed by atoms with Crippen LogP contribution in [0.4, 0.5) is 0 Å². The molecule has 0 aromatic heterocycles. The normalized spacial score (nSPS) is 13.2. The Morgan fingerprint density at radius 1 is 1.29 bits per heavy atom. The maximum atomic E-state index is 11.9. The first-order valence-corrected chi connectivity index (χ1v) is 6.26. The summed E-state index contributed by atoms with van der Waals surface area (Å²) in [5, 5.41) is 3.10. The van der Waals surface area contributed by atoms with E-state index >= 15 is 0 Å². The molecule has 0 saturated carbocycles. The highest BCUT2D eigenvalue weighted by Gasteiger charge is 2.24. The maximum Gasteiger partial charge on any atom is 0.223 e. The van der Waals surface area contributed by atoms with Crippen molar-refractivity contribution in [2.75, 3.05) is 0 Å². The highest BCUT2D eigenvalue weighted by atomic mass is 16.2. The number of carbonyl (C=O) groups excluding carboxylic acids is 1. The van der Waals surface area contributed by atoms with E-state index in [0.29, 0.717) is 0 Å². The summed E-state index contributed by atoms with van der Waals surface area (Å²) in [7, 11) is 0. The van der Waals surface area contributed by atoms with E-state index in [-0.39, 0.29) is 17.4 Å². The van der Waals surface area contributed by atoms with E-state index in [9.17, 15) is 4.79 Å². The smallest absolute Gasteiger partial charge is 0.223 e. The number of nitrogens with one attached hydrogen (secondary N) is 1. The molecule has 0 bridgehead atoms. The molecule has 0 heterocycles. The summed E-state index contributed by atoms with van der Waals surface area (Å²) in [6, 6.07) is 8.30. The van der Waals surface area contributed by atoms with Gasteiger partial charge in [-0.2, -0.15) is 0 Å². The van der Waals surface area contributed by atoms with Crippen LogP contribution in [0.3, 0.4) is 0 Å². The molecule has 2 heteroatoms. The third-order valence-electron chi connectivity index (χ3n) is 3.27. The van der Waals surface area contributed by atoms with Crippen molar-refractivity contribution in [1.29, 1.82) is 0 Å². The van der Waals surface area contributed by atoms with Crippen LogP contribution < -0.4 is 5.32 Å². The van der Waals surface area contributed by atoms with Crippen LogP contribution in [-0.2, 0) is 10.3 Å². The van der Waals surface area contributed by atoms with Crippen LogP contribution in [0.5, 0.6) is 0 Å². The highest BCUT2D eigenvalue weighted by molar-refractivity contribution is 5.79. The Kier molecular flexibility index (Phi) is 4.33. The summed E-state index contributed by atoms with van der Waals surface area (Å²) in [6.07, 6.45) is 0.871. The van der Waals surface area contributed by atoms with Gasteiger partial charge in [0.2, 0.25) is 5.91 Å². The van der Waals surface area contributed by atoms with Crippen LogP contribution >= 0.6 is 0 Å². The number of benzene rings is 1. The van der Waals surface area contributed by atoms with Gasteiger partial charge in [0.15, 0.2) is 0 Å². The van der Waals surface area contributed by atoms with Gasteiger partial charge in [0.25, 0.3) is 0 Å². The predicted molar refractivity (Wildman–Crippen MR) is 71.8 cm³/mol. The SMILES string of the molecule is CCC(C)C(=O)NC(C)(C)c1ccc(C)cc1. The molecule has 0 aliphatic carbocycles. The molecule has 0 fully saturated rings. The van der Waals surface area contributed by atoms with Crippen LogP contribution in [0.2, 0.25) is 0 Å². The summed E-state index contributed by atoms with van der Waals surface area (Å²) < 4.78 is 0. The van der Waals surface area contributed by atoms with Gasteiger partial charge in [0.1, 0.15) is 0 Å². The van der Waals surface area contributed by atoms with E-state index in [1.807, 2.05) is 27.7 Å². The van der Waals surface area contributed by atoms with E-state index in [2.05, 4.69) is 36.5 Å². The lowest BCUT2D eigenvalue weighted by molar-refractivity contribution is -0.126. The third kappa shape index (κ3) is 3.58. The molecular weight excluding hydrogens is 210 g/mol. The van der Waals surface area contributed by atoms with Gasteiger partial charge in [0.05, 0.1) is 5.54 Å². The van der Waals surface area contributed by atoms with Crippen LogP contribution in [-0.4, -0.2) is 5.91 Å². The quantitative estimate of drug-likeness (QED) is 0.848. The summed E-state index contributed by atoms with van der Waals surface area (Å²) in [4.78, 5) is 11.9. The van der Waals surface area contributed by atoms with Crippen LogP contribution in [0, 0.1) is 12.8 Å². The van der Waals surface area contributed by atoms with Crippen LogP contribution in [0.15, 0.2) is 24.3 Å². The number of amides is 1. The van der Waals surface area contributed by atoms with Crippen molar-refractivity contribution in [2.24, 2.45) is 5.92 Å². The third-order valence-corrected chi connectivity index (χ3v) is 3.27. The van der Waals surface area contributed by atoms with Crippen molar-refractivity contribution in [1.82, 2.24) is 5.32 Å². The van der Waals surface area contributed by atoms with Crippen molar-refractivity contribution in [3.05, 3.63) is 35.4 Å². The fourth-order valence-electron chi connectivity index (χ4n) is 1.66. The molecule has 1 rings (SSSR count). The molecule has 0 radical (unpaired) electrons. The number of carbonyl (C=O) groups is 1. The van der Waals surface area contributed by atoms with E-state index in [4.69, 9.17) is 0 Å². The second kappa shape index (κ2) is 5.35. The van der Waals surface area contributed by atoms with Crippen molar-refractivity contribution in [3.8, 4) is 0 Å². The largest absolute Gasteiger partial charge is 0.347 e. The van der Waals surface area contributed by atoms with Gasteiger partial charge in [-0.05, 0) is 32.8 Å². The molecule has 2 nitrogen and oxygen atoms in total. The first-order valence-electron chi connectivity index (χ1n) is 6.26. The summed E-state index contributed by atoms with van der Waals surface area (Å²) in [5.41, 5.74) is 2.06. The molecule has 0 aliphatic heterocycles. The second-order valence-corrected chi connectivity index (χ2v) is 5.29. The van der Waals surface area contributed by atoms with E-state index in [1.165, 1.54) is 5.56 Å². The summed E-state index contributed by atoms with van der Waals surface area (Å²) >= 11 is 0. The Hall–Kier alpha value is -1.31. The minimum Gasteiger partial charge on any atom is -0.347 e. The minimum atomic E-state index is -0.311. The van der Waals surface area contributed by atoms with E-state index < -0.39 is 0 Å². The monoisotopic (exact) mass is 233 g/mol. The molecular formula is C15H23NO. The zero-order valence-electron chi connectivity index (χ0n) is 11.5. The number of hydrogen-bond donors (Lipinski definition) is 1. The standard InChI is InChI=1S/C15H23NO/c1-6-12(3)14(17)16-15(4,5)13-9-7-11(2)8-10-13/h7-10,12H,6H2,1-5H3,(H,16,17). The van der Waals surface area contributed by atoms with Gasteiger partial charge >= 0.3 is 0 Å². The number of hydrogen-bond acceptors (Lipinski definition) is 1. The predicted octanol–water partition coefficient (Wildman–Crippen LogP) is 3.39. The average molecular weight is 233 g/mol. The van der Waals surface area contributed by atoms with Crippen molar-refractivity contribution >= 4 is 5.91 Å².